The van der Waals surface area contributed by atoms with E-state index in [1.807, 2.05) is 0 Å². The smallest absolute Gasteiger partial charge is 0.245 e. The Bertz CT molecular complexity index is 71.5. The number of hydrogen-bond donors (Lipinski definition) is 2. The Balaban J connectivity index is -0.000000180. The molecule has 0 saturated carbocycles. The van der Waals surface area contributed by atoms with Crippen molar-refractivity contribution < 1.29 is 10.0 Å². The minimum absolute atomic E-state index is 0. The zero-order chi connectivity index (χ0) is 5.86. The Labute approximate surface area is 57.0 Å². The number of carbonyl (C=O) groups excluding carboxylic acids is 1. The molecule has 3 heteroatoms. The largest absolute Gasteiger partial charge is 0.289 e. The van der Waals surface area contributed by atoms with Gasteiger partial charge in [-0.15, -0.1) is 0 Å². The van der Waals surface area contributed by atoms with Crippen LogP contribution in [0.2, 0.25) is 0 Å². The zero-order valence-electron chi connectivity index (χ0n) is 4.43. The number of rotatable bonds is 1. The fourth-order valence-electron chi connectivity index (χ4n) is 0.129. The van der Waals surface area contributed by atoms with Gasteiger partial charge in [0.25, 0.3) is 0 Å². The second-order valence-electron chi connectivity index (χ2n) is 1.63. The molecule has 0 aromatic rings. The maximum Gasteiger partial charge on any atom is 0.245 e. The van der Waals surface area contributed by atoms with E-state index >= 15 is 0 Å². The lowest BCUT2D eigenvalue weighted by Crippen LogP contribution is -2.23. The molecule has 0 saturated heterocycles. The van der Waals surface area contributed by atoms with Gasteiger partial charge in [-0.1, -0.05) is 28.7 Å². The van der Waals surface area contributed by atoms with E-state index in [0.717, 1.165) is 0 Å². The van der Waals surface area contributed by atoms with E-state index in [1.54, 1.807) is 13.8 Å². The lowest BCUT2D eigenvalue weighted by atomic mass is 10.2. The van der Waals surface area contributed by atoms with Crippen LogP contribution in [0.1, 0.15) is 28.7 Å². The Hall–Kier alpha value is -0.570. The maximum atomic E-state index is 10.2. The third-order valence-corrected chi connectivity index (χ3v) is 0.635. The molecule has 0 heterocycles. The summed E-state index contributed by atoms with van der Waals surface area (Å²) >= 11 is 0. The van der Waals surface area contributed by atoms with Crippen LogP contribution < -0.4 is 5.48 Å². The molecule has 0 aromatic carbocycles. The van der Waals surface area contributed by atoms with Crippen LogP contribution in [0.4, 0.5) is 0 Å². The first-order chi connectivity index (χ1) is 3.18. The summed E-state index contributed by atoms with van der Waals surface area (Å²) in [6.45, 7) is 3.40. The van der Waals surface area contributed by atoms with E-state index in [2.05, 4.69) is 0 Å². The summed E-state index contributed by atoms with van der Waals surface area (Å²) in [6.07, 6.45) is 0. The van der Waals surface area contributed by atoms with E-state index in [-0.39, 0.29) is 26.7 Å². The Morgan fingerprint density at radius 3 is 1.78 bits per heavy atom. The number of hydroxylamine groups is 1. The van der Waals surface area contributed by atoms with E-state index in [9.17, 15) is 4.79 Å². The van der Waals surface area contributed by atoms with E-state index in [1.165, 1.54) is 5.48 Å². The molecule has 0 atom stereocenters. The SMILES string of the molecule is C.C.CC(C)C(=O)NO. The quantitative estimate of drug-likeness (QED) is 0.422. The first-order valence-electron chi connectivity index (χ1n) is 2.12. The number of nitrogens with one attached hydrogen (secondary N) is 1. The standard InChI is InChI=1S/C4H9NO2.2CH4/c1-3(2)4(6)5-7;;/h3,7H,1-2H3,(H,5,6);2*1H4. The van der Waals surface area contributed by atoms with Gasteiger partial charge >= 0.3 is 0 Å². The van der Waals surface area contributed by atoms with Crippen molar-refractivity contribution in [3.8, 4) is 0 Å². The third-order valence-electron chi connectivity index (χ3n) is 0.635. The van der Waals surface area contributed by atoms with Crippen LogP contribution in [0.3, 0.4) is 0 Å². The predicted molar refractivity (Wildman–Crippen MR) is 38.2 cm³/mol. The molecule has 3 nitrogen and oxygen atoms in total. The molecule has 0 radical (unpaired) electrons. The first kappa shape index (κ1) is 15.8. The fraction of sp³-hybridized carbons (Fsp3) is 0.833. The lowest BCUT2D eigenvalue weighted by Gasteiger charge is -1.97. The Kier molecular flexibility index (Phi) is 13.0. The molecule has 0 aliphatic rings. The summed E-state index contributed by atoms with van der Waals surface area (Å²) in [6, 6.07) is 0. The number of carbonyl (C=O) groups is 1. The predicted octanol–water partition coefficient (Wildman–Crippen LogP) is 1.42. The minimum Gasteiger partial charge on any atom is -0.289 e. The number of hydrogen-bond acceptors (Lipinski definition) is 2. The summed E-state index contributed by atoms with van der Waals surface area (Å²) in [5.41, 5.74) is 1.53. The molecule has 0 aliphatic heterocycles. The monoisotopic (exact) mass is 135 g/mol. The molecule has 0 aromatic heterocycles. The van der Waals surface area contributed by atoms with Crippen LogP contribution in [0.5, 0.6) is 0 Å². The highest BCUT2D eigenvalue weighted by atomic mass is 16.5. The van der Waals surface area contributed by atoms with Crippen LogP contribution >= 0.6 is 0 Å². The number of amides is 1. The van der Waals surface area contributed by atoms with Gasteiger partial charge < -0.3 is 0 Å². The van der Waals surface area contributed by atoms with Crippen LogP contribution in [-0.4, -0.2) is 11.1 Å². The van der Waals surface area contributed by atoms with Gasteiger partial charge in [-0.25, -0.2) is 5.48 Å². The summed E-state index contributed by atoms with van der Waals surface area (Å²) < 4.78 is 0. The summed E-state index contributed by atoms with van der Waals surface area (Å²) in [7, 11) is 0. The molecule has 0 fully saturated rings. The van der Waals surface area contributed by atoms with Crippen molar-refractivity contribution in [2.75, 3.05) is 0 Å². The molecule has 0 aliphatic carbocycles. The summed E-state index contributed by atoms with van der Waals surface area (Å²) in [5, 5.41) is 7.91. The Morgan fingerprint density at radius 2 is 1.78 bits per heavy atom. The van der Waals surface area contributed by atoms with Crippen molar-refractivity contribution in [3.05, 3.63) is 0 Å². The van der Waals surface area contributed by atoms with Crippen molar-refractivity contribution in [2.24, 2.45) is 5.92 Å². The van der Waals surface area contributed by atoms with Crippen molar-refractivity contribution in [1.82, 2.24) is 5.48 Å². The van der Waals surface area contributed by atoms with Gasteiger partial charge in [-0.3, -0.25) is 10.0 Å². The second kappa shape index (κ2) is 7.43. The Morgan fingerprint density at radius 1 is 1.44 bits per heavy atom. The van der Waals surface area contributed by atoms with Gasteiger partial charge in [0.2, 0.25) is 5.91 Å². The minimum atomic E-state index is -0.347. The van der Waals surface area contributed by atoms with Crippen molar-refractivity contribution in [2.45, 2.75) is 28.7 Å². The fourth-order valence-corrected chi connectivity index (χ4v) is 0.129. The molecule has 0 unspecified atom stereocenters. The molecule has 0 spiro atoms. The highest BCUT2D eigenvalue weighted by Crippen LogP contribution is 1.87. The normalized spacial score (nSPS) is 7.11. The van der Waals surface area contributed by atoms with Crippen LogP contribution in [0.25, 0.3) is 0 Å². The second-order valence-corrected chi connectivity index (χ2v) is 1.63. The average molecular weight is 135 g/mol. The van der Waals surface area contributed by atoms with E-state index in [0.29, 0.717) is 0 Å². The van der Waals surface area contributed by atoms with Crippen molar-refractivity contribution >= 4 is 5.91 Å². The van der Waals surface area contributed by atoms with Gasteiger partial charge in [0.1, 0.15) is 0 Å². The van der Waals surface area contributed by atoms with Crippen LogP contribution in [0, 0.1) is 5.92 Å². The van der Waals surface area contributed by atoms with Gasteiger partial charge in [-0.2, -0.15) is 0 Å². The highest BCUT2D eigenvalue weighted by molar-refractivity contribution is 5.76. The van der Waals surface area contributed by atoms with Crippen LogP contribution in [-0.2, 0) is 4.79 Å². The molecular weight excluding hydrogens is 118 g/mol. The van der Waals surface area contributed by atoms with Crippen molar-refractivity contribution in [1.29, 1.82) is 0 Å². The molecule has 2 N–H and O–H groups in total. The molecule has 58 valence electrons. The van der Waals surface area contributed by atoms with E-state index in [4.69, 9.17) is 5.21 Å². The molecule has 9 heavy (non-hydrogen) atoms. The summed E-state index contributed by atoms with van der Waals surface area (Å²) in [4.78, 5) is 10.2. The van der Waals surface area contributed by atoms with Gasteiger partial charge in [-0.05, 0) is 0 Å². The lowest BCUT2D eigenvalue weighted by molar-refractivity contribution is -0.132. The zero-order valence-corrected chi connectivity index (χ0v) is 4.43. The van der Waals surface area contributed by atoms with E-state index < -0.39 is 0 Å². The molecule has 0 rings (SSSR count). The highest BCUT2D eigenvalue weighted by Gasteiger charge is 2.01. The molecular formula is C6H17NO2. The molecule has 1 amide bonds. The topological polar surface area (TPSA) is 49.3 Å². The molecule has 0 bridgehead atoms. The van der Waals surface area contributed by atoms with Crippen molar-refractivity contribution in [3.63, 3.8) is 0 Å². The summed E-state index contributed by atoms with van der Waals surface area (Å²) in [5.74, 6) is -0.481. The van der Waals surface area contributed by atoms with Crippen LogP contribution in [0.15, 0.2) is 0 Å². The third kappa shape index (κ3) is 7.43. The van der Waals surface area contributed by atoms with Gasteiger partial charge in [0, 0.05) is 5.92 Å². The average Bonchev–Trinajstić information content (AvgIpc) is 1.65. The van der Waals surface area contributed by atoms with Gasteiger partial charge in [0.05, 0.1) is 0 Å². The first-order valence-corrected chi connectivity index (χ1v) is 2.12. The van der Waals surface area contributed by atoms with Gasteiger partial charge in [0.15, 0.2) is 0 Å². The maximum absolute atomic E-state index is 10.2.